The minimum Gasteiger partial charge on any atom is -0.343 e. The zero-order chi connectivity index (χ0) is 15.1. The highest BCUT2D eigenvalue weighted by Crippen LogP contribution is 2.27. The summed E-state index contributed by atoms with van der Waals surface area (Å²) in [5.74, 6) is -0.140. The van der Waals surface area contributed by atoms with Gasteiger partial charge in [0.25, 0.3) is 0 Å². The normalized spacial score (nSPS) is 26.9. The summed E-state index contributed by atoms with van der Waals surface area (Å²) in [6, 6.07) is 1.47. The van der Waals surface area contributed by atoms with E-state index in [-0.39, 0.29) is 11.8 Å². The van der Waals surface area contributed by atoms with Gasteiger partial charge in [-0.2, -0.15) is 5.10 Å². The number of hydrogen-bond donors (Lipinski definition) is 1. The number of aryl methyl sites for hydroxylation is 2. The van der Waals surface area contributed by atoms with E-state index in [2.05, 4.69) is 10.4 Å². The van der Waals surface area contributed by atoms with Gasteiger partial charge in [-0.3, -0.25) is 14.3 Å². The van der Waals surface area contributed by atoms with Crippen molar-refractivity contribution in [1.29, 1.82) is 0 Å². The van der Waals surface area contributed by atoms with Gasteiger partial charge in [-0.1, -0.05) is 6.92 Å². The summed E-state index contributed by atoms with van der Waals surface area (Å²) in [4.78, 5) is 26.4. The molecule has 0 aromatic carbocycles. The minimum absolute atomic E-state index is 0.0483. The van der Waals surface area contributed by atoms with Crippen molar-refractivity contribution in [3.05, 3.63) is 17.5 Å². The number of rotatable bonds is 3. The molecule has 1 fully saturated rings. The van der Waals surface area contributed by atoms with Crippen molar-refractivity contribution in [2.45, 2.75) is 52.2 Å². The molecule has 1 saturated heterocycles. The highest BCUT2D eigenvalue weighted by Gasteiger charge is 2.47. The van der Waals surface area contributed by atoms with Crippen LogP contribution in [0.15, 0.2) is 6.07 Å². The molecular formula is C14H22N4O2. The summed E-state index contributed by atoms with van der Waals surface area (Å²) in [5.41, 5.74) is 1.03. The van der Waals surface area contributed by atoms with E-state index in [9.17, 15) is 9.59 Å². The summed E-state index contributed by atoms with van der Waals surface area (Å²) in [6.45, 7) is 7.77. The third-order valence-corrected chi connectivity index (χ3v) is 4.18. The van der Waals surface area contributed by atoms with E-state index in [1.54, 1.807) is 16.5 Å². The number of amides is 2. The lowest BCUT2D eigenvalue weighted by Gasteiger charge is -2.45. The van der Waals surface area contributed by atoms with E-state index in [0.29, 0.717) is 13.0 Å². The maximum Gasteiger partial charge on any atom is 0.246 e. The van der Waals surface area contributed by atoms with Crippen LogP contribution in [0, 0.1) is 6.92 Å². The third-order valence-electron chi connectivity index (χ3n) is 4.18. The van der Waals surface area contributed by atoms with Crippen LogP contribution in [-0.4, -0.2) is 38.1 Å². The highest BCUT2D eigenvalue weighted by atomic mass is 16.2. The fraction of sp³-hybridized carbons (Fsp3) is 0.643. The maximum absolute atomic E-state index is 12.4. The van der Waals surface area contributed by atoms with Crippen molar-refractivity contribution in [2.24, 2.45) is 7.05 Å². The largest absolute Gasteiger partial charge is 0.343 e. The van der Waals surface area contributed by atoms with Crippen LogP contribution < -0.4 is 5.32 Å². The SMILES string of the molecule is CCC1(C)C(=O)NC(C)C(=O)N1Cc1cc(C)nn1C. The number of piperazine rings is 1. The van der Waals surface area contributed by atoms with Gasteiger partial charge in [0.2, 0.25) is 11.8 Å². The molecule has 6 heteroatoms. The van der Waals surface area contributed by atoms with Gasteiger partial charge in [0.05, 0.1) is 17.9 Å². The predicted octanol–water partition coefficient (Wildman–Crippen LogP) is 0.744. The van der Waals surface area contributed by atoms with Crippen molar-refractivity contribution >= 4 is 11.8 Å². The Balaban J connectivity index is 2.36. The minimum atomic E-state index is -0.804. The summed E-state index contributed by atoms with van der Waals surface area (Å²) >= 11 is 0. The number of carbonyl (C=O) groups is 2. The fourth-order valence-electron chi connectivity index (χ4n) is 2.59. The van der Waals surface area contributed by atoms with Crippen LogP contribution in [-0.2, 0) is 23.2 Å². The van der Waals surface area contributed by atoms with Crippen molar-refractivity contribution < 1.29 is 9.59 Å². The lowest BCUT2D eigenvalue weighted by atomic mass is 9.90. The van der Waals surface area contributed by atoms with E-state index in [1.165, 1.54) is 0 Å². The molecule has 0 bridgehead atoms. The molecule has 1 N–H and O–H groups in total. The van der Waals surface area contributed by atoms with Gasteiger partial charge in [-0.15, -0.1) is 0 Å². The lowest BCUT2D eigenvalue weighted by molar-refractivity contribution is -0.157. The standard InChI is InChI=1S/C14H22N4O2/c1-6-14(4)13(20)15-10(3)12(19)18(14)8-11-7-9(2)16-17(11)5/h7,10H,6,8H2,1-5H3,(H,15,20). The van der Waals surface area contributed by atoms with Crippen LogP contribution >= 0.6 is 0 Å². The molecule has 2 heterocycles. The Bertz CT molecular complexity index is 551. The molecule has 1 aliphatic heterocycles. The van der Waals surface area contributed by atoms with E-state index in [4.69, 9.17) is 0 Å². The highest BCUT2D eigenvalue weighted by molar-refractivity contribution is 5.99. The molecule has 0 saturated carbocycles. The Morgan fingerprint density at radius 1 is 1.45 bits per heavy atom. The van der Waals surface area contributed by atoms with Crippen molar-refractivity contribution in [2.75, 3.05) is 0 Å². The molecule has 1 aromatic rings. The first kappa shape index (κ1) is 14.6. The first-order valence-corrected chi connectivity index (χ1v) is 6.91. The van der Waals surface area contributed by atoms with Gasteiger partial charge in [0, 0.05) is 7.05 Å². The molecule has 0 aliphatic carbocycles. The molecule has 1 aliphatic rings. The van der Waals surface area contributed by atoms with E-state index in [1.807, 2.05) is 33.9 Å². The van der Waals surface area contributed by atoms with Crippen LogP contribution in [0.4, 0.5) is 0 Å². The van der Waals surface area contributed by atoms with Gasteiger partial charge in [0.15, 0.2) is 0 Å². The first-order valence-electron chi connectivity index (χ1n) is 6.91. The average Bonchev–Trinajstić information content (AvgIpc) is 2.70. The van der Waals surface area contributed by atoms with Crippen molar-refractivity contribution in [3.63, 3.8) is 0 Å². The molecule has 2 unspecified atom stereocenters. The summed E-state index contributed by atoms with van der Waals surface area (Å²) in [5, 5.41) is 7.04. The van der Waals surface area contributed by atoms with Crippen LogP contribution in [0.25, 0.3) is 0 Å². The molecule has 0 radical (unpaired) electrons. The zero-order valence-corrected chi connectivity index (χ0v) is 12.7. The molecule has 2 amide bonds. The average molecular weight is 278 g/mol. The van der Waals surface area contributed by atoms with Crippen molar-refractivity contribution in [1.82, 2.24) is 20.0 Å². The third kappa shape index (κ3) is 2.19. The molecule has 2 rings (SSSR count). The second-order valence-corrected chi connectivity index (χ2v) is 5.65. The second kappa shape index (κ2) is 4.92. The van der Waals surface area contributed by atoms with Crippen LogP contribution in [0.3, 0.4) is 0 Å². The molecule has 1 aromatic heterocycles. The molecule has 20 heavy (non-hydrogen) atoms. The molecule has 2 atom stereocenters. The topological polar surface area (TPSA) is 67.2 Å². The van der Waals surface area contributed by atoms with Gasteiger partial charge < -0.3 is 10.2 Å². The van der Waals surface area contributed by atoms with E-state index >= 15 is 0 Å². The Labute approximate surface area is 119 Å². The van der Waals surface area contributed by atoms with Crippen molar-refractivity contribution in [3.8, 4) is 0 Å². The van der Waals surface area contributed by atoms with E-state index < -0.39 is 11.6 Å². The first-order chi connectivity index (χ1) is 9.29. The summed E-state index contributed by atoms with van der Waals surface area (Å²) in [6.07, 6.45) is 0.578. The lowest BCUT2D eigenvalue weighted by Crippen LogP contribution is -2.68. The monoisotopic (exact) mass is 278 g/mol. The number of carbonyl (C=O) groups excluding carboxylic acids is 2. The van der Waals surface area contributed by atoms with Crippen LogP contribution in [0.2, 0.25) is 0 Å². The number of aromatic nitrogens is 2. The maximum atomic E-state index is 12.4. The summed E-state index contributed by atoms with van der Waals surface area (Å²) < 4.78 is 1.76. The molecule has 6 nitrogen and oxygen atoms in total. The van der Waals surface area contributed by atoms with Gasteiger partial charge >= 0.3 is 0 Å². The number of hydrogen-bond acceptors (Lipinski definition) is 3. The number of nitrogens with one attached hydrogen (secondary N) is 1. The van der Waals surface area contributed by atoms with Gasteiger partial charge in [-0.25, -0.2) is 0 Å². The Morgan fingerprint density at radius 3 is 2.60 bits per heavy atom. The zero-order valence-electron chi connectivity index (χ0n) is 12.7. The smallest absolute Gasteiger partial charge is 0.246 e. The second-order valence-electron chi connectivity index (χ2n) is 5.65. The van der Waals surface area contributed by atoms with Gasteiger partial charge in [0.1, 0.15) is 11.6 Å². The predicted molar refractivity (Wildman–Crippen MR) is 74.8 cm³/mol. The van der Waals surface area contributed by atoms with Crippen LogP contribution in [0.5, 0.6) is 0 Å². The Morgan fingerprint density at radius 2 is 2.10 bits per heavy atom. The molecular weight excluding hydrogens is 256 g/mol. The quantitative estimate of drug-likeness (QED) is 0.887. The Hall–Kier alpha value is -1.85. The molecule has 0 spiro atoms. The molecule has 110 valence electrons. The summed E-state index contributed by atoms with van der Waals surface area (Å²) in [7, 11) is 1.85. The van der Waals surface area contributed by atoms with Gasteiger partial charge in [-0.05, 0) is 33.3 Å². The Kier molecular flexibility index (Phi) is 3.58. The fourth-order valence-corrected chi connectivity index (χ4v) is 2.59. The number of nitrogens with zero attached hydrogens (tertiary/aromatic N) is 3. The van der Waals surface area contributed by atoms with E-state index in [0.717, 1.165) is 11.4 Å². The van der Waals surface area contributed by atoms with Crippen LogP contribution in [0.1, 0.15) is 38.6 Å².